The van der Waals surface area contributed by atoms with Crippen molar-refractivity contribution in [2.45, 2.75) is 18.4 Å². The number of pyridine rings is 1. The Labute approximate surface area is 118 Å². The molecule has 0 aromatic carbocycles. The van der Waals surface area contributed by atoms with Gasteiger partial charge in [0, 0.05) is 31.2 Å². The van der Waals surface area contributed by atoms with Crippen LogP contribution in [0.4, 0.5) is 5.69 Å². The van der Waals surface area contributed by atoms with Gasteiger partial charge in [-0.05, 0) is 32.2 Å². The second-order valence-electron chi connectivity index (χ2n) is 4.60. The van der Waals surface area contributed by atoms with Gasteiger partial charge in [0.1, 0.15) is 4.90 Å². The molecular weight excluding hydrogens is 276 g/mol. The average molecular weight is 294 g/mol. The summed E-state index contributed by atoms with van der Waals surface area (Å²) < 4.78 is 28.9. The minimum absolute atomic E-state index is 0.242. The van der Waals surface area contributed by atoms with E-state index < -0.39 is 10.0 Å². The Morgan fingerprint density at radius 3 is 2.70 bits per heavy atom. The van der Waals surface area contributed by atoms with Crippen molar-refractivity contribution in [1.82, 2.24) is 14.9 Å². The molecule has 2 heterocycles. The Bertz CT molecular complexity index is 690. The Morgan fingerprint density at radius 1 is 1.35 bits per heavy atom. The summed E-state index contributed by atoms with van der Waals surface area (Å²) in [6, 6.07) is 5.10. The molecule has 0 saturated heterocycles. The van der Waals surface area contributed by atoms with E-state index in [-0.39, 0.29) is 4.90 Å². The van der Waals surface area contributed by atoms with Crippen molar-refractivity contribution in [3.8, 4) is 0 Å². The van der Waals surface area contributed by atoms with Gasteiger partial charge in [0.05, 0.1) is 11.9 Å². The molecule has 0 aliphatic rings. The predicted molar refractivity (Wildman–Crippen MR) is 78.0 cm³/mol. The number of aryl methyl sites for hydroxylation is 2. The third-order valence-electron chi connectivity index (χ3n) is 2.91. The zero-order chi connectivity index (χ0) is 14.8. The Morgan fingerprint density at radius 2 is 2.10 bits per heavy atom. The first-order valence-electron chi connectivity index (χ1n) is 6.17. The lowest BCUT2D eigenvalue weighted by Crippen LogP contribution is -2.12. The average Bonchev–Trinajstić information content (AvgIpc) is 2.75. The normalized spacial score (nSPS) is 11.6. The fourth-order valence-electron chi connectivity index (χ4n) is 1.82. The van der Waals surface area contributed by atoms with Crippen LogP contribution in [0.25, 0.3) is 0 Å². The number of anilines is 1. The van der Waals surface area contributed by atoms with Crippen LogP contribution in [-0.2, 0) is 23.6 Å². The molecule has 20 heavy (non-hydrogen) atoms. The van der Waals surface area contributed by atoms with Crippen molar-refractivity contribution < 1.29 is 8.42 Å². The van der Waals surface area contributed by atoms with Gasteiger partial charge < -0.3 is 9.88 Å². The Kier molecular flexibility index (Phi) is 4.10. The minimum atomic E-state index is -3.58. The summed E-state index contributed by atoms with van der Waals surface area (Å²) in [5.41, 5.74) is 2.19. The van der Waals surface area contributed by atoms with Crippen molar-refractivity contribution in [1.29, 1.82) is 0 Å². The molecule has 108 valence electrons. The molecule has 2 rings (SSSR count). The second-order valence-corrected chi connectivity index (χ2v) is 6.28. The summed E-state index contributed by atoms with van der Waals surface area (Å²) in [5.74, 6) is 0. The fraction of sp³-hybridized carbons (Fsp3) is 0.308. The van der Waals surface area contributed by atoms with Crippen LogP contribution >= 0.6 is 0 Å². The molecule has 0 spiro atoms. The zero-order valence-corrected chi connectivity index (χ0v) is 12.5. The maximum Gasteiger partial charge on any atom is 0.263 e. The van der Waals surface area contributed by atoms with Gasteiger partial charge in [0.2, 0.25) is 0 Å². The highest BCUT2D eigenvalue weighted by Crippen LogP contribution is 2.17. The zero-order valence-electron chi connectivity index (χ0n) is 11.7. The fourth-order valence-corrected chi connectivity index (χ4v) is 2.96. The monoisotopic (exact) mass is 294 g/mol. The van der Waals surface area contributed by atoms with Crippen LogP contribution in [0.5, 0.6) is 0 Å². The first kappa shape index (κ1) is 14.5. The molecule has 0 saturated carbocycles. The molecule has 0 unspecified atom stereocenters. The van der Waals surface area contributed by atoms with Gasteiger partial charge in [-0.2, -0.15) is 0 Å². The van der Waals surface area contributed by atoms with E-state index in [0.29, 0.717) is 12.2 Å². The molecule has 2 aromatic heterocycles. The van der Waals surface area contributed by atoms with Gasteiger partial charge in [-0.1, -0.05) is 0 Å². The molecule has 0 atom stereocenters. The Balaban J connectivity index is 2.26. The standard InChI is InChI=1S/C13H18N4O2S/c1-10-4-5-11(7-15-10)16-20(18,19)13-6-12(8-14-2)17(3)9-13/h4-7,9,14,16H,8H2,1-3H3. The van der Waals surface area contributed by atoms with E-state index in [1.165, 1.54) is 6.20 Å². The first-order valence-corrected chi connectivity index (χ1v) is 7.66. The van der Waals surface area contributed by atoms with Crippen molar-refractivity contribution in [3.05, 3.63) is 42.0 Å². The van der Waals surface area contributed by atoms with Gasteiger partial charge in [-0.15, -0.1) is 0 Å². The second kappa shape index (κ2) is 5.64. The van der Waals surface area contributed by atoms with Crippen LogP contribution in [-0.4, -0.2) is 25.0 Å². The lowest BCUT2D eigenvalue weighted by atomic mass is 10.4. The third kappa shape index (κ3) is 3.17. The van der Waals surface area contributed by atoms with E-state index in [2.05, 4.69) is 15.0 Å². The van der Waals surface area contributed by atoms with Crippen LogP contribution in [0.15, 0.2) is 35.5 Å². The van der Waals surface area contributed by atoms with Gasteiger partial charge in [0.15, 0.2) is 0 Å². The van der Waals surface area contributed by atoms with Gasteiger partial charge in [0.25, 0.3) is 10.0 Å². The summed E-state index contributed by atoms with van der Waals surface area (Å²) in [7, 11) is 0.0507. The highest BCUT2D eigenvalue weighted by Gasteiger charge is 2.17. The minimum Gasteiger partial charge on any atom is -0.352 e. The van der Waals surface area contributed by atoms with Gasteiger partial charge in [-0.3, -0.25) is 9.71 Å². The Hall–Kier alpha value is -1.86. The summed E-state index contributed by atoms with van der Waals surface area (Å²) in [4.78, 5) is 4.31. The van der Waals surface area contributed by atoms with Crippen LogP contribution < -0.4 is 10.0 Å². The number of rotatable bonds is 5. The predicted octanol–water partition coefficient (Wildman–Crippen LogP) is 1.25. The van der Waals surface area contributed by atoms with E-state index in [1.54, 1.807) is 29.0 Å². The van der Waals surface area contributed by atoms with Gasteiger partial charge >= 0.3 is 0 Å². The highest BCUT2D eigenvalue weighted by molar-refractivity contribution is 7.92. The van der Waals surface area contributed by atoms with Crippen molar-refractivity contribution >= 4 is 15.7 Å². The number of hydrogen-bond donors (Lipinski definition) is 2. The number of aromatic nitrogens is 2. The molecule has 0 aliphatic carbocycles. The summed E-state index contributed by atoms with van der Waals surface area (Å²) in [6.07, 6.45) is 3.10. The molecule has 0 amide bonds. The SMILES string of the molecule is CNCc1cc(S(=O)(=O)Nc2ccc(C)nc2)cn1C. The van der Waals surface area contributed by atoms with Crippen molar-refractivity contribution in [2.75, 3.05) is 11.8 Å². The first-order chi connectivity index (χ1) is 9.42. The third-order valence-corrected chi connectivity index (χ3v) is 4.26. The van der Waals surface area contributed by atoms with Crippen molar-refractivity contribution in [3.63, 3.8) is 0 Å². The van der Waals surface area contributed by atoms with Gasteiger partial charge in [-0.25, -0.2) is 8.42 Å². The van der Waals surface area contributed by atoms with Crippen molar-refractivity contribution in [2.24, 2.45) is 7.05 Å². The van der Waals surface area contributed by atoms with E-state index in [0.717, 1.165) is 11.4 Å². The topological polar surface area (TPSA) is 76.0 Å². The molecule has 0 radical (unpaired) electrons. The maximum atomic E-state index is 12.3. The van der Waals surface area contributed by atoms with Crippen LogP contribution in [0.3, 0.4) is 0 Å². The number of sulfonamides is 1. The number of nitrogens with one attached hydrogen (secondary N) is 2. The summed E-state index contributed by atoms with van der Waals surface area (Å²) in [5, 5.41) is 3.00. The smallest absolute Gasteiger partial charge is 0.263 e. The van der Waals surface area contributed by atoms with Crippen LogP contribution in [0.2, 0.25) is 0 Å². The molecule has 2 N–H and O–H groups in total. The van der Waals surface area contributed by atoms with E-state index in [1.807, 2.05) is 21.0 Å². The van der Waals surface area contributed by atoms with Crippen LogP contribution in [0, 0.1) is 6.92 Å². The lowest BCUT2D eigenvalue weighted by molar-refractivity contribution is 0.601. The molecule has 0 aliphatic heterocycles. The maximum absolute atomic E-state index is 12.3. The molecule has 0 bridgehead atoms. The summed E-state index contributed by atoms with van der Waals surface area (Å²) >= 11 is 0. The number of hydrogen-bond acceptors (Lipinski definition) is 4. The van der Waals surface area contributed by atoms with E-state index in [4.69, 9.17) is 0 Å². The number of nitrogens with zero attached hydrogens (tertiary/aromatic N) is 2. The molecule has 2 aromatic rings. The quantitative estimate of drug-likeness (QED) is 0.870. The highest BCUT2D eigenvalue weighted by atomic mass is 32.2. The summed E-state index contributed by atoms with van der Waals surface area (Å²) in [6.45, 7) is 2.46. The largest absolute Gasteiger partial charge is 0.352 e. The van der Waals surface area contributed by atoms with Crippen LogP contribution in [0.1, 0.15) is 11.4 Å². The lowest BCUT2D eigenvalue weighted by Gasteiger charge is -2.05. The molecular formula is C13H18N4O2S. The van der Waals surface area contributed by atoms with E-state index in [9.17, 15) is 8.42 Å². The molecule has 0 fully saturated rings. The molecule has 7 heteroatoms. The van der Waals surface area contributed by atoms with E-state index >= 15 is 0 Å². The molecule has 6 nitrogen and oxygen atoms in total.